The zero-order valence-electron chi connectivity index (χ0n) is 16.4. The van der Waals surface area contributed by atoms with Gasteiger partial charge in [-0.25, -0.2) is 0 Å². The van der Waals surface area contributed by atoms with E-state index in [-0.39, 0.29) is 24.0 Å². The Labute approximate surface area is 178 Å². The van der Waals surface area contributed by atoms with E-state index in [2.05, 4.69) is 22.2 Å². The number of carbonyl (C=O) groups is 2. The van der Waals surface area contributed by atoms with Crippen molar-refractivity contribution in [1.82, 2.24) is 5.32 Å². The van der Waals surface area contributed by atoms with Crippen LogP contribution in [0.3, 0.4) is 0 Å². The van der Waals surface area contributed by atoms with Gasteiger partial charge < -0.3 is 14.8 Å². The number of carbonyl (C=O) groups excluding carboxylic acids is 2. The van der Waals surface area contributed by atoms with Gasteiger partial charge in [-0.05, 0) is 66.6 Å². The molecule has 0 unspecified atom stereocenters. The standard InChI is InChI=1S/C22H23F2NO4S/c23-22(24)29-18-7-4-15(5-8-18)10-11-25-20(26)13-28-21(27)14-30-19-9-6-16-2-1-3-17(16)12-19/h4-9,12,22H,1-3,10-11,13-14H2,(H,25,26). The number of rotatable bonds is 10. The number of hydrogen-bond acceptors (Lipinski definition) is 5. The van der Waals surface area contributed by atoms with Crippen molar-refractivity contribution in [1.29, 1.82) is 0 Å². The molecule has 0 bridgehead atoms. The number of nitrogens with one attached hydrogen (secondary N) is 1. The molecule has 0 heterocycles. The number of esters is 1. The zero-order chi connectivity index (χ0) is 21.3. The number of hydrogen-bond donors (Lipinski definition) is 1. The largest absolute Gasteiger partial charge is 0.455 e. The molecular formula is C22H23F2NO4S. The topological polar surface area (TPSA) is 64.6 Å². The molecule has 2 aromatic carbocycles. The van der Waals surface area contributed by atoms with E-state index in [0.29, 0.717) is 13.0 Å². The lowest BCUT2D eigenvalue weighted by Gasteiger charge is -2.08. The Morgan fingerprint density at radius 2 is 1.83 bits per heavy atom. The summed E-state index contributed by atoms with van der Waals surface area (Å²) in [4.78, 5) is 24.7. The molecule has 1 amide bonds. The third kappa shape index (κ3) is 7.02. The average Bonchev–Trinajstić information content (AvgIpc) is 3.19. The molecule has 5 nitrogen and oxygen atoms in total. The van der Waals surface area contributed by atoms with Gasteiger partial charge in [-0.3, -0.25) is 9.59 Å². The first kappa shape index (κ1) is 22.1. The van der Waals surface area contributed by atoms with Crippen molar-refractivity contribution in [2.24, 2.45) is 0 Å². The summed E-state index contributed by atoms with van der Waals surface area (Å²) in [6.45, 7) is -2.84. The molecule has 0 aromatic heterocycles. The van der Waals surface area contributed by atoms with Crippen LogP contribution in [0.5, 0.6) is 5.75 Å². The molecule has 0 radical (unpaired) electrons. The maximum absolute atomic E-state index is 12.1. The van der Waals surface area contributed by atoms with Crippen LogP contribution in [0.1, 0.15) is 23.1 Å². The number of fused-ring (bicyclic) bond motifs is 1. The number of alkyl halides is 2. The van der Waals surface area contributed by atoms with E-state index in [1.165, 1.54) is 41.4 Å². The molecule has 160 valence electrons. The Morgan fingerprint density at radius 1 is 1.07 bits per heavy atom. The van der Waals surface area contributed by atoms with E-state index in [1.54, 1.807) is 12.1 Å². The van der Waals surface area contributed by atoms with Crippen LogP contribution in [0, 0.1) is 0 Å². The highest BCUT2D eigenvalue weighted by Crippen LogP contribution is 2.27. The lowest BCUT2D eigenvalue weighted by Crippen LogP contribution is -2.30. The van der Waals surface area contributed by atoms with Crippen LogP contribution in [-0.4, -0.2) is 37.4 Å². The molecule has 2 aromatic rings. The van der Waals surface area contributed by atoms with Gasteiger partial charge in [0.1, 0.15) is 5.75 Å². The second kappa shape index (κ2) is 11.0. The molecule has 0 aliphatic heterocycles. The van der Waals surface area contributed by atoms with Crippen molar-refractivity contribution in [3.63, 3.8) is 0 Å². The van der Waals surface area contributed by atoms with E-state index in [4.69, 9.17) is 4.74 Å². The minimum atomic E-state index is -2.86. The first-order valence-electron chi connectivity index (χ1n) is 9.70. The van der Waals surface area contributed by atoms with Crippen molar-refractivity contribution in [3.05, 3.63) is 59.2 Å². The summed E-state index contributed by atoms with van der Waals surface area (Å²) in [6, 6.07) is 12.5. The number of amides is 1. The molecule has 0 atom stereocenters. The van der Waals surface area contributed by atoms with Gasteiger partial charge in [0.2, 0.25) is 0 Å². The van der Waals surface area contributed by atoms with Crippen molar-refractivity contribution in [3.8, 4) is 5.75 Å². The van der Waals surface area contributed by atoms with Gasteiger partial charge in [0.25, 0.3) is 5.91 Å². The predicted molar refractivity (Wildman–Crippen MR) is 110 cm³/mol. The lowest BCUT2D eigenvalue weighted by molar-refractivity contribution is -0.145. The van der Waals surface area contributed by atoms with Crippen LogP contribution >= 0.6 is 11.8 Å². The first-order valence-corrected chi connectivity index (χ1v) is 10.7. The maximum atomic E-state index is 12.1. The molecule has 8 heteroatoms. The molecule has 0 saturated carbocycles. The fourth-order valence-corrected chi connectivity index (χ4v) is 3.96. The normalized spacial score (nSPS) is 12.5. The van der Waals surface area contributed by atoms with Gasteiger partial charge in [0.05, 0.1) is 5.75 Å². The van der Waals surface area contributed by atoms with Crippen LogP contribution in [-0.2, 0) is 33.6 Å². The minimum absolute atomic E-state index is 0.0856. The number of ether oxygens (including phenoxy) is 2. The molecule has 1 N–H and O–H groups in total. The Hall–Kier alpha value is -2.61. The highest BCUT2D eigenvalue weighted by Gasteiger charge is 2.13. The number of halogens is 2. The fraction of sp³-hybridized carbons (Fsp3) is 0.364. The zero-order valence-corrected chi connectivity index (χ0v) is 17.2. The Bertz CT molecular complexity index is 874. The summed E-state index contributed by atoms with van der Waals surface area (Å²) in [5.74, 6) is -0.588. The highest BCUT2D eigenvalue weighted by atomic mass is 32.2. The summed E-state index contributed by atoms with van der Waals surface area (Å²) in [5.41, 5.74) is 3.60. The van der Waals surface area contributed by atoms with E-state index in [0.717, 1.165) is 23.3 Å². The fourth-order valence-electron chi connectivity index (χ4n) is 3.20. The smallest absolute Gasteiger partial charge is 0.387 e. The Kier molecular flexibility index (Phi) is 8.07. The summed E-state index contributed by atoms with van der Waals surface area (Å²) < 4.78 is 33.5. The van der Waals surface area contributed by atoms with Gasteiger partial charge in [-0.1, -0.05) is 18.2 Å². The van der Waals surface area contributed by atoms with Crippen LogP contribution < -0.4 is 10.1 Å². The third-order valence-corrected chi connectivity index (χ3v) is 5.64. The summed E-state index contributed by atoms with van der Waals surface area (Å²) >= 11 is 1.40. The van der Waals surface area contributed by atoms with Gasteiger partial charge in [-0.15, -0.1) is 11.8 Å². The molecule has 0 spiro atoms. The van der Waals surface area contributed by atoms with E-state index < -0.39 is 12.6 Å². The lowest BCUT2D eigenvalue weighted by atomic mass is 10.1. The quantitative estimate of drug-likeness (QED) is 0.455. The van der Waals surface area contributed by atoms with Gasteiger partial charge in [0, 0.05) is 11.4 Å². The van der Waals surface area contributed by atoms with Gasteiger partial charge >= 0.3 is 12.6 Å². The highest BCUT2D eigenvalue weighted by molar-refractivity contribution is 8.00. The van der Waals surface area contributed by atoms with E-state index in [1.807, 2.05) is 6.07 Å². The second-order valence-electron chi connectivity index (χ2n) is 6.86. The molecular weight excluding hydrogens is 412 g/mol. The van der Waals surface area contributed by atoms with Crippen molar-refractivity contribution >= 4 is 23.6 Å². The average molecular weight is 435 g/mol. The predicted octanol–water partition coefficient (Wildman–Crippen LogP) is 3.77. The van der Waals surface area contributed by atoms with Gasteiger partial charge in [0.15, 0.2) is 6.61 Å². The molecule has 3 rings (SSSR count). The maximum Gasteiger partial charge on any atom is 0.387 e. The summed E-state index contributed by atoms with van der Waals surface area (Å²) in [7, 11) is 0. The van der Waals surface area contributed by atoms with E-state index in [9.17, 15) is 18.4 Å². The van der Waals surface area contributed by atoms with Crippen molar-refractivity contribution in [2.75, 3.05) is 18.9 Å². The monoisotopic (exact) mass is 435 g/mol. The summed E-state index contributed by atoms with van der Waals surface area (Å²) in [5, 5.41) is 2.66. The van der Waals surface area contributed by atoms with Crippen LogP contribution in [0.25, 0.3) is 0 Å². The van der Waals surface area contributed by atoms with Crippen LogP contribution in [0.15, 0.2) is 47.4 Å². The molecule has 1 aliphatic rings. The molecule has 1 aliphatic carbocycles. The molecule has 0 fully saturated rings. The van der Waals surface area contributed by atoms with Crippen molar-refractivity contribution < 1.29 is 27.8 Å². The van der Waals surface area contributed by atoms with Crippen LogP contribution in [0.2, 0.25) is 0 Å². The van der Waals surface area contributed by atoms with E-state index >= 15 is 0 Å². The molecule has 30 heavy (non-hydrogen) atoms. The van der Waals surface area contributed by atoms with Gasteiger partial charge in [-0.2, -0.15) is 8.78 Å². The van der Waals surface area contributed by atoms with Crippen LogP contribution in [0.4, 0.5) is 8.78 Å². The van der Waals surface area contributed by atoms with Crippen molar-refractivity contribution in [2.45, 2.75) is 37.2 Å². The Balaban J connectivity index is 1.30. The number of aryl methyl sites for hydroxylation is 2. The Morgan fingerprint density at radius 3 is 2.60 bits per heavy atom. The third-order valence-electron chi connectivity index (χ3n) is 4.68. The number of benzene rings is 2. The first-order chi connectivity index (χ1) is 14.5. The SMILES string of the molecule is O=C(COC(=O)CSc1ccc2c(c1)CCC2)NCCc1ccc(OC(F)F)cc1. The number of thioether (sulfide) groups is 1. The summed E-state index contributed by atoms with van der Waals surface area (Å²) in [6.07, 6.45) is 3.90. The second-order valence-corrected chi connectivity index (χ2v) is 7.90. The molecule has 0 saturated heterocycles. The minimum Gasteiger partial charge on any atom is -0.455 e.